The summed E-state index contributed by atoms with van der Waals surface area (Å²) in [5.41, 5.74) is 10.6. The van der Waals surface area contributed by atoms with Crippen LogP contribution in [-0.2, 0) is 11.3 Å². The minimum Gasteiger partial charge on any atom is -0.376 e. The van der Waals surface area contributed by atoms with Crippen molar-refractivity contribution in [1.82, 2.24) is 0 Å². The molecule has 0 saturated carbocycles. The van der Waals surface area contributed by atoms with E-state index in [1.807, 2.05) is 24.3 Å². The Kier molecular flexibility index (Phi) is 2.17. The van der Waals surface area contributed by atoms with Crippen molar-refractivity contribution in [2.75, 3.05) is 6.61 Å². The summed E-state index contributed by atoms with van der Waals surface area (Å²) in [6.07, 6.45) is 0. The molecule has 1 unspecified atom stereocenters. The van der Waals surface area contributed by atoms with Crippen LogP contribution >= 0.6 is 0 Å². The molecule has 4 nitrogen and oxygen atoms in total. The molecule has 0 aromatic heterocycles. The molecule has 1 heterocycles. The highest BCUT2D eigenvalue weighted by atomic mass is 16.5. The SMILES string of the molecule is [N-]=[N+]=NC1COCc2ccccc21. The van der Waals surface area contributed by atoms with Gasteiger partial charge >= 0.3 is 0 Å². The van der Waals surface area contributed by atoms with Gasteiger partial charge in [-0.25, -0.2) is 0 Å². The molecule has 13 heavy (non-hydrogen) atoms. The van der Waals surface area contributed by atoms with Gasteiger partial charge in [-0.1, -0.05) is 29.4 Å². The first-order valence-electron chi connectivity index (χ1n) is 4.11. The zero-order chi connectivity index (χ0) is 9.10. The molecular weight excluding hydrogens is 166 g/mol. The Balaban J connectivity index is 2.42. The zero-order valence-electron chi connectivity index (χ0n) is 7.05. The van der Waals surface area contributed by atoms with Crippen LogP contribution in [0, 0.1) is 0 Å². The van der Waals surface area contributed by atoms with Crippen LogP contribution in [-0.4, -0.2) is 6.61 Å². The molecule has 0 aliphatic carbocycles. The van der Waals surface area contributed by atoms with Gasteiger partial charge in [-0.15, -0.1) is 0 Å². The summed E-state index contributed by atoms with van der Waals surface area (Å²) in [5, 5.41) is 3.68. The number of hydrogen-bond acceptors (Lipinski definition) is 2. The quantitative estimate of drug-likeness (QED) is 0.367. The van der Waals surface area contributed by atoms with Gasteiger partial charge in [0.15, 0.2) is 0 Å². The number of nitrogens with zero attached hydrogens (tertiary/aromatic N) is 3. The highest BCUT2D eigenvalue weighted by Crippen LogP contribution is 2.27. The Hall–Kier alpha value is -1.51. The van der Waals surface area contributed by atoms with Crippen molar-refractivity contribution in [1.29, 1.82) is 0 Å². The third-order valence-corrected chi connectivity index (χ3v) is 2.14. The van der Waals surface area contributed by atoms with Crippen molar-refractivity contribution in [2.45, 2.75) is 12.6 Å². The van der Waals surface area contributed by atoms with Gasteiger partial charge in [-0.2, -0.15) is 0 Å². The fraction of sp³-hybridized carbons (Fsp3) is 0.333. The van der Waals surface area contributed by atoms with E-state index in [1.165, 1.54) is 0 Å². The Morgan fingerprint density at radius 3 is 3.15 bits per heavy atom. The van der Waals surface area contributed by atoms with E-state index in [-0.39, 0.29) is 6.04 Å². The molecule has 0 spiro atoms. The number of rotatable bonds is 1. The molecule has 4 heteroatoms. The number of benzene rings is 1. The van der Waals surface area contributed by atoms with Crippen LogP contribution in [0.25, 0.3) is 10.4 Å². The highest BCUT2D eigenvalue weighted by molar-refractivity contribution is 5.31. The summed E-state index contributed by atoms with van der Waals surface area (Å²) in [7, 11) is 0. The van der Waals surface area contributed by atoms with Gasteiger partial charge in [0, 0.05) is 4.91 Å². The van der Waals surface area contributed by atoms with Crippen LogP contribution < -0.4 is 0 Å². The van der Waals surface area contributed by atoms with E-state index in [4.69, 9.17) is 10.3 Å². The van der Waals surface area contributed by atoms with E-state index < -0.39 is 0 Å². The minimum absolute atomic E-state index is 0.157. The van der Waals surface area contributed by atoms with Gasteiger partial charge in [0.05, 0.1) is 19.3 Å². The predicted octanol–water partition coefficient (Wildman–Crippen LogP) is 2.57. The number of azide groups is 1. The molecule has 0 saturated heterocycles. The number of ether oxygens (including phenoxy) is 1. The second kappa shape index (κ2) is 3.47. The summed E-state index contributed by atoms with van der Waals surface area (Å²) >= 11 is 0. The first-order valence-corrected chi connectivity index (χ1v) is 4.11. The summed E-state index contributed by atoms with van der Waals surface area (Å²) in [5.74, 6) is 0. The largest absolute Gasteiger partial charge is 0.376 e. The smallest absolute Gasteiger partial charge is 0.0862 e. The fourth-order valence-electron chi connectivity index (χ4n) is 1.52. The van der Waals surface area contributed by atoms with Crippen molar-refractivity contribution in [3.63, 3.8) is 0 Å². The topological polar surface area (TPSA) is 58.0 Å². The van der Waals surface area contributed by atoms with E-state index in [1.54, 1.807) is 0 Å². The summed E-state index contributed by atoms with van der Waals surface area (Å²) < 4.78 is 5.30. The number of fused-ring (bicyclic) bond motifs is 1. The van der Waals surface area contributed by atoms with Crippen molar-refractivity contribution in [3.05, 3.63) is 45.8 Å². The standard InChI is InChI=1S/C9H9N3O/c10-12-11-9-6-13-5-7-3-1-2-4-8(7)9/h1-4,9H,5-6H2. The first-order chi connectivity index (χ1) is 6.42. The van der Waals surface area contributed by atoms with Crippen LogP contribution in [0.4, 0.5) is 0 Å². The molecule has 1 aliphatic rings. The molecule has 1 aliphatic heterocycles. The van der Waals surface area contributed by atoms with Gasteiger partial charge < -0.3 is 4.74 Å². The minimum atomic E-state index is -0.157. The Morgan fingerprint density at radius 1 is 1.46 bits per heavy atom. The van der Waals surface area contributed by atoms with E-state index in [0.29, 0.717) is 13.2 Å². The maximum absolute atomic E-state index is 8.35. The van der Waals surface area contributed by atoms with Crippen LogP contribution in [0.5, 0.6) is 0 Å². The Bertz CT molecular complexity index is 358. The van der Waals surface area contributed by atoms with Crippen LogP contribution in [0.15, 0.2) is 29.4 Å². The van der Waals surface area contributed by atoms with E-state index in [2.05, 4.69) is 10.0 Å². The van der Waals surface area contributed by atoms with Crippen molar-refractivity contribution < 1.29 is 4.74 Å². The summed E-state index contributed by atoms with van der Waals surface area (Å²) in [6, 6.07) is 7.73. The van der Waals surface area contributed by atoms with Crippen LogP contribution in [0.3, 0.4) is 0 Å². The first kappa shape index (κ1) is 8.10. The molecule has 1 aromatic rings. The molecule has 66 valence electrons. The molecule has 0 amide bonds. The van der Waals surface area contributed by atoms with Gasteiger partial charge in [-0.3, -0.25) is 0 Å². The maximum atomic E-state index is 8.35. The van der Waals surface area contributed by atoms with E-state index in [9.17, 15) is 0 Å². The summed E-state index contributed by atoms with van der Waals surface area (Å²) in [6.45, 7) is 1.11. The normalized spacial score (nSPS) is 20.2. The molecule has 1 aromatic carbocycles. The molecule has 0 bridgehead atoms. The van der Waals surface area contributed by atoms with Gasteiger partial charge in [0.2, 0.25) is 0 Å². The number of hydrogen-bond donors (Lipinski definition) is 0. The lowest BCUT2D eigenvalue weighted by Gasteiger charge is -2.21. The Morgan fingerprint density at radius 2 is 2.31 bits per heavy atom. The molecule has 1 atom stereocenters. The predicted molar refractivity (Wildman–Crippen MR) is 48.0 cm³/mol. The molecular formula is C9H9N3O. The van der Waals surface area contributed by atoms with Gasteiger partial charge in [-0.05, 0) is 16.7 Å². The Labute approximate surface area is 75.8 Å². The highest BCUT2D eigenvalue weighted by Gasteiger charge is 2.18. The lowest BCUT2D eigenvalue weighted by atomic mass is 10.00. The van der Waals surface area contributed by atoms with Crippen molar-refractivity contribution >= 4 is 0 Å². The third kappa shape index (κ3) is 1.49. The van der Waals surface area contributed by atoms with E-state index >= 15 is 0 Å². The summed E-state index contributed by atoms with van der Waals surface area (Å²) in [4.78, 5) is 2.80. The maximum Gasteiger partial charge on any atom is 0.0862 e. The van der Waals surface area contributed by atoms with Gasteiger partial charge in [0.25, 0.3) is 0 Å². The monoisotopic (exact) mass is 175 g/mol. The van der Waals surface area contributed by atoms with Gasteiger partial charge in [0.1, 0.15) is 0 Å². The molecule has 0 fully saturated rings. The van der Waals surface area contributed by atoms with Crippen molar-refractivity contribution in [3.8, 4) is 0 Å². The third-order valence-electron chi connectivity index (χ3n) is 2.14. The van der Waals surface area contributed by atoms with Crippen molar-refractivity contribution in [2.24, 2.45) is 5.11 Å². The molecule has 0 N–H and O–H groups in total. The average Bonchev–Trinajstić information content (AvgIpc) is 2.19. The van der Waals surface area contributed by atoms with Crippen LogP contribution in [0.2, 0.25) is 0 Å². The fourth-order valence-corrected chi connectivity index (χ4v) is 1.52. The average molecular weight is 175 g/mol. The van der Waals surface area contributed by atoms with E-state index in [0.717, 1.165) is 11.1 Å². The second-order valence-corrected chi connectivity index (χ2v) is 2.93. The lowest BCUT2D eigenvalue weighted by Crippen LogP contribution is -2.14. The lowest BCUT2D eigenvalue weighted by molar-refractivity contribution is 0.0925. The molecule has 0 radical (unpaired) electrons. The second-order valence-electron chi connectivity index (χ2n) is 2.93. The molecule has 2 rings (SSSR count). The van der Waals surface area contributed by atoms with Crippen LogP contribution in [0.1, 0.15) is 17.2 Å². The zero-order valence-corrected chi connectivity index (χ0v) is 7.05.